The van der Waals surface area contributed by atoms with E-state index in [0.29, 0.717) is 0 Å². The first-order valence-electron chi connectivity index (χ1n) is 6.06. The van der Waals surface area contributed by atoms with Crippen LogP contribution in [-0.4, -0.2) is 22.2 Å². The van der Waals surface area contributed by atoms with Crippen molar-refractivity contribution in [2.45, 2.75) is 6.61 Å². The maximum Gasteiger partial charge on any atom is 0.341 e. The van der Waals surface area contributed by atoms with Gasteiger partial charge in [-0.2, -0.15) is 0 Å². The first-order valence-corrected chi connectivity index (χ1v) is 6.06. The molecule has 2 aromatic carbocycles. The van der Waals surface area contributed by atoms with Crippen molar-refractivity contribution in [3.63, 3.8) is 0 Å². The largest absolute Gasteiger partial charge is 0.488 e. The number of carbonyl (C=O) groups is 2. The zero-order chi connectivity index (χ0) is 15.4. The van der Waals surface area contributed by atoms with Crippen molar-refractivity contribution < 1.29 is 24.5 Å². The number of rotatable bonds is 5. The van der Waals surface area contributed by atoms with Crippen LogP contribution in [0, 0.1) is 0 Å². The number of carboxylic acid groups (broad SMARTS) is 2. The minimum absolute atomic E-state index is 0.0837. The van der Waals surface area contributed by atoms with E-state index in [1.165, 1.54) is 24.3 Å². The number of nitrogen functional groups attached to an aromatic ring is 1. The quantitative estimate of drug-likeness (QED) is 0.727. The Labute approximate surface area is 120 Å². The first kappa shape index (κ1) is 14.4. The van der Waals surface area contributed by atoms with E-state index >= 15 is 0 Å². The summed E-state index contributed by atoms with van der Waals surface area (Å²) in [7, 11) is 0. The zero-order valence-corrected chi connectivity index (χ0v) is 10.9. The molecule has 2 aromatic rings. The van der Waals surface area contributed by atoms with E-state index in [2.05, 4.69) is 0 Å². The third-order valence-corrected chi connectivity index (χ3v) is 2.87. The number of hydrogen-bond acceptors (Lipinski definition) is 4. The van der Waals surface area contributed by atoms with Crippen LogP contribution in [0.25, 0.3) is 0 Å². The third kappa shape index (κ3) is 3.30. The Bertz CT molecular complexity index is 679. The van der Waals surface area contributed by atoms with Crippen molar-refractivity contribution >= 4 is 17.6 Å². The van der Waals surface area contributed by atoms with Crippen molar-refractivity contribution in [2.24, 2.45) is 0 Å². The summed E-state index contributed by atoms with van der Waals surface area (Å²) >= 11 is 0. The van der Waals surface area contributed by atoms with Crippen LogP contribution in [0.1, 0.15) is 26.3 Å². The van der Waals surface area contributed by atoms with Crippen molar-refractivity contribution in [2.75, 3.05) is 5.73 Å². The van der Waals surface area contributed by atoms with Gasteiger partial charge in [-0.05, 0) is 29.8 Å². The average Bonchev–Trinajstić information content (AvgIpc) is 2.45. The van der Waals surface area contributed by atoms with E-state index in [9.17, 15) is 9.59 Å². The highest BCUT2D eigenvalue weighted by Crippen LogP contribution is 2.25. The monoisotopic (exact) mass is 287 g/mol. The summed E-state index contributed by atoms with van der Waals surface area (Å²) in [5.41, 5.74) is 6.56. The Morgan fingerprint density at radius 3 is 2.24 bits per heavy atom. The van der Waals surface area contributed by atoms with Gasteiger partial charge in [0.25, 0.3) is 0 Å². The average molecular weight is 287 g/mol. The molecule has 0 fully saturated rings. The number of aromatic carboxylic acids is 2. The lowest BCUT2D eigenvalue weighted by Crippen LogP contribution is -2.07. The molecule has 4 N–H and O–H groups in total. The summed E-state index contributed by atoms with van der Waals surface area (Å²) in [5, 5.41) is 17.9. The normalized spacial score (nSPS) is 10.1. The second-order valence-corrected chi connectivity index (χ2v) is 4.32. The second-order valence-electron chi connectivity index (χ2n) is 4.32. The van der Waals surface area contributed by atoms with Gasteiger partial charge in [-0.15, -0.1) is 0 Å². The molecule has 0 aromatic heterocycles. The van der Waals surface area contributed by atoms with Crippen LogP contribution in [-0.2, 0) is 6.61 Å². The minimum atomic E-state index is -1.16. The molecule has 6 nitrogen and oxygen atoms in total. The van der Waals surface area contributed by atoms with Crippen LogP contribution in [0.2, 0.25) is 0 Å². The molecule has 0 heterocycles. The van der Waals surface area contributed by atoms with Gasteiger partial charge in [-0.1, -0.05) is 18.2 Å². The molecule has 0 aliphatic heterocycles. The highest BCUT2D eigenvalue weighted by molar-refractivity contribution is 5.96. The lowest BCUT2D eigenvalue weighted by Gasteiger charge is -2.11. The third-order valence-electron chi connectivity index (χ3n) is 2.87. The molecule has 0 saturated carbocycles. The van der Waals surface area contributed by atoms with E-state index in [0.717, 1.165) is 5.56 Å². The van der Waals surface area contributed by atoms with E-state index in [-0.39, 0.29) is 29.2 Å². The highest BCUT2D eigenvalue weighted by atomic mass is 16.5. The Balaban J connectivity index is 2.15. The van der Waals surface area contributed by atoms with Crippen molar-refractivity contribution in [1.29, 1.82) is 0 Å². The number of ether oxygens (including phenoxy) is 1. The molecule has 0 atom stereocenters. The lowest BCUT2D eigenvalue weighted by atomic mass is 10.1. The van der Waals surface area contributed by atoms with Crippen molar-refractivity contribution in [3.05, 3.63) is 59.2 Å². The van der Waals surface area contributed by atoms with Gasteiger partial charge in [0.2, 0.25) is 0 Å². The van der Waals surface area contributed by atoms with E-state index in [4.69, 9.17) is 20.7 Å². The van der Waals surface area contributed by atoms with E-state index in [1.54, 1.807) is 18.2 Å². The SMILES string of the molecule is Nc1cccc(OCc2ccc(C(=O)O)cc2)c1C(=O)O. The predicted molar refractivity (Wildman–Crippen MR) is 75.5 cm³/mol. The molecule has 0 radical (unpaired) electrons. The molecule has 0 aliphatic rings. The molecule has 21 heavy (non-hydrogen) atoms. The zero-order valence-electron chi connectivity index (χ0n) is 10.9. The molecule has 0 amide bonds. The summed E-state index contributed by atoms with van der Waals surface area (Å²) in [5.74, 6) is -2.00. The Hall–Kier alpha value is -3.02. The molecule has 108 valence electrons. The fourth-order valence-corrected chi connectivity index (χ4v) is 1.80. The molecule has 0 unspecified atom stereocenters. The van der Waals surface area contributed by atoms with Gasteiger partial charge >= 0.3 is 11.9 Å². The van der Waals surface area contributed by atoms with Crippen LogP contribution in [0.5, 0.6) is 5.75 Å². The van der Waals surface area contributed by atoms with Gasteiger partial charge < -0.3 is 20.7 Å². The van der Waals surface area contributed by atoms with Gasteiger partial charge in [0.05, 0.1) is 5.56 Å². The second kappa shape index (κ2) is 5.96. The maximum absolute atomic E-state index is 11.1. The number of benzene rings is 2. The molecule has 0 bridgehead atoms. The van der Waals surface area contributed by atoms with E-state index in [1.807, 2.05) is 0 Å². The van der Waals surface area contributed by atoms with Crippen molar-refractivity contribution in [3.8, 4) is 5.75 Å². The summed E-state index contributed by atoms with van der Waals surface area (Å²) in [6, 6.07) is 10.7. The van der Waals surface area contributed by atoms with Crippen LogP contribution in [0.15, 0.2) is 42.5 Å². The standard InChI is InChI=1S/C15H13NO5/c16-11-2-1-3-12(13(11)15(19)20)21-8-9-4-6-10(7-5-9)14(17)18/h1-7H,8,16H2,(H,17,18)(H,19,20). The van der Waals surface area contributed by atoms with Crippen LogP contribution in [0.3, 0.4) is 0 Å². The van der Waals surface area contributed by atoms with Gasteiger partial charge in [0.15, 0.2) is 0 Å². The number of hydrogen-bond donors (Lipinski definition) is 3. The smallest absolute Gasteiger partial charge is 0.341 e. The van der Waals surface area contributed by atoms with Crippen LogP contribution >= 0.6 is 0 Å². The van der Waals surface area contributed by atoms with Crippen LogP contribution in [0.4, 0.5) is 5.69 Å². The summed E-state index contributed by atoms with van der Waals surface area (Å²) in [6.07, 6.45) is 0. The molecular weight excluding hydrogens is 274 g/mol. The Kier molecular flexibility index (Phi) is 4.08. The fraction of sp³-hybridized carbons (Fsp3) is 0.0667. The van der Waals surface area contributed by atoms with Gasteiger partial charge in [-0.25, -0.2) is 9.59 Å². The summed E-state index contributed by atoms with van der Waals surface area (Å²) in [6.45, 7) is 0.115. The maximum atomic E-state index is 11.1. The van der Waals surface area contributed by atoms with E-state index < -0.39 is 11.9 Å². The van der Waals surface area contributed by atoms with Crippen LogP contribution < -0.4 is 10.5 Å². The summed E-state index contributed by atoms with van der Waals surface area (Å²) < 4.78 is 5.46. The first-order chi connectivity index (χ1) is 9.99. The molecule has 0 aliphatic carbocycles. The van der Waals surface area contributed by atoms with Crippen molar-refractivity contribution in [1.82, 2.24) is 0 Å². The van der Waals surface area contributed by atoms with Gasteiger partial charge in [0.1, 0.15) is 17.9 Å². The lowest BCUT2D eigenvalue weighted by molar-refractivity contribution is 0.0683. The molecule has 0 spiro atoms. The highest BCUT2D eigenvalue weighted by Gasteiger charge is 2.15. The predicted octanol–water partition coefficient (Wildman–Crippen LogP) is 2.24. The molecule has 2 rings (SSSR count). The topological polar surface area (TPSA) is 110 Å². The van der Waals surface area contributed by atoms with Gasteiger partial charge in [0, 0.05) is 5.69 Å². The Morgan fingerprint density at radius 1 is 1.00 bits per heavy atom. The number of anilines is 1. The fourth-order valence-electron chi connectivity index (χ4n) is 1.80. The number of nitrogens with two attached hydrogens (primary N) is 1. The molecule has 6 heteroatoms. The molecular formula is C15H13NO5. The minimum Gasteiger partial charge on any atom is -0.488 e. The van der Waals surface area contributed by atoms with Gasteiger partial charge in [-0.3, -0.25) is 0 Å². The Morgan fingerprint density at radius 2 is 1.67 bits per heavy atom. The number of carboxylic acids is 2. The molecule has 0 saturated heterocycles. The summed E-state index contributed by atoms with van der Waals surface area (Å²) in [4.78, 5) is 21.9.